The number of likely N-dealkylation sites (tertiary alicyclic amines) is 1. The van der Waals surface area contributed by atoms with Gasteiger partial charge in [-0.3, -0.25) is 4.68 Å². The van der Waals surface area contributed by atoms with Crippen LogP contribution in [0.15, 0.2) is 59.6 Å². The summed E-state index contributed by atoms with van der Waals surface area (Å²) < 4.78 is 15.7. The summed E-state index contributed by atoms with van der Waals surface area (Å²) in [5, 5.41) is 9.67. The summed E-state index contributed by atoms with van der Waals surface area (Å²) in [6, 6.07) is 13.4. The zero-order valence-corrected chi connectivity index (χ0v) is 19.0. The molecule has 1 fully saturated rings. The van der Waals surface area contributed by atoms with Crippen LogP contribution in [0.3, 0.4) is 0 Å². The minimum absolute atomic E-state index is 0.141. The minimum Gasteiger partial charge on any atom is -0.308 e. The summed E-state index contributed by atoms with van der Waals surface area (Å²) in [5.41, 5.74) is 2.76. The van der Waals surface area contributed by atoms with Crippen LogP contribution in [0.2, 0.25) is 0 Å². The Balaban J connectivity index is 1.47. The summed E-state index contributed by atoms with van der Waals surface area (Å²) in [4.78, 5) is 16.1. The largest absolute Gasteiger partial charge is 0.323 e. The summed E-state index contributed by atoms with van der Waals surface area (Å²) in [7, 11) is 1.91. The fourth-order valence-corrected chi connectivity index (χ4v) is 4.94. The smallest absolute Gasteiger partial charge is 0.308 e. The van der Waals surface area contributed by atoms with Gasteiger partial charge in [-0.2, -0.15) is 5.10 Å². The van der Waals surface area contributed by atoms with E-state index in [4.69, 9.17) is 0 Å². The van der Waals surface area contributed by atoms with Crippen LogP contribution in [0, 0.1) is 5.82 Å². The number of thioether (sulfide) groups is 1. The Morgan fingerprint density at radius 1 is 1.09 bits per heavy atom. The quantitative estimate of drug-likeness (QED) is 0.467. The number of aromatic nitrogens is 2. The predicted octanol–water partition coefficient (Wildman–Crippen LogP) is 5.45. The zero-order valence-electron chi connectivity index (χ0n) is 18.2. The Kier molecular flexibility index (Phi) is 7.44. The highest BCUT2D eigenvalue weighted by Crippen LogP contribution is 2.34. The number of amides is 2. The second kappa shape index (κ2) is 10.7. The fourth-order valence-electron chi connectivity index (χ4n) is 3.89. The van der Waals surface area contributed by atoms with Crippen molar-refractivity contribution in [1.82, 2.24) is 14.7 Å². The van der Waals surface area contributed by atoms with Crippen LogP contribution in [-0.4, -0.2) is 46.1 Å². The SMILES string of the molecule is Cn1nccc1-c1cc(NC(=O)Nc2ccccc2F)ccc1SCCN1CCCCC1. The standard InChI is InChI=1S/C24H28FN5OS/c1-29-22(11-12-26-29)19-17-18(27-24(31)28-21-8-4-3-7-20(21)25)9-10-23(19)32-16-15-30-13-5-2-6-14-30/h3-4,7-12,17H,2,5-6,13-16H2,1H3,(H2,27,28,31). The molecule has 1 aliphatic heterocycles. The van der Waals surface area contributed by atoms with E-state index in [9.17, 15) is 9.18 Å². The molecule has 2 N–H and O–H groups in total. The van der Waals surface area contributed by atoms with Crippen molar-refractivity contribution in [2.45, 2.75) is 24.2 Å². The second-order valence-corrected chi connectivity index (χ2v) is 9.00. The number of nitrogens with zero attached hydrogens (tertiary/aromatic N) is 3. The van der Waals surface area contributed by atoms with Crippen molar-refractivity contribution in [3.63, 3.8) is 0 Å². The molecule has 3 aromatic rings. The molecule has 168 valence electrons. The molecule has 2 aromatic carbocycles. The Hall–Kier alpha value is -2.84. The van der Waals surface area contributed by atoms with E-state index in [1.807, 2.05) is 47.8 Å². The van der Waals surface area contributed by atoms with E-state index in [1.54, 1.807) is 18.3 Å². The van der Waals surface area contributed by atoms with Crippen molar-refractivity contribution in [2.24, 2.45) is 7.05 Å². The van der Waals surface area contributed by atoms with Gasteiger partial charge in [0.05, 0.1) is 11.4 Å². The molecular weight excluding hydrogens is 425 g/mol. The topological polar surface area (TPSA) is 62.2 Å². The van der Waals surface area contributed by atoms with Crippen LogP contribution in [0.4, 0.5) is 20.6 Å². The third-order valence-corrected chi connectivity index (χ3v) is 6.62. The van der Waals surface area contributed by atoms with Gasteiger partial charge in [0, 0.05) is 41.7 Å². The number of hydrogen-bond donors (Lipinski definition) is 2. The van der Waals surface area contributed by atoms with Gasteiger partial charge in [-0.05, 0) is 62.3 Å². The van der Waals surface area contributed by atoms with Crippen molar-refractivity contribution >= 4 is 29.2 Å². The van der Waals surface area contributed by atoms with Gasteiger partial charge < -0.3 is 15.5 Å². The molecule has 4 rings (SSSR count). The van der Waals surface area contributed by atoms with Gasteiger partial charge in [0.25, 0.3) is 0 Å². The van der Waals surface area contributed by atoms with Gasteiger partial charge in [-0.1, -0.05) is 18.6 Å². The molecule has 0 unspecified atom stereocenters. The van der Waals surface area contributed by atoms with E-state index in [1.165, 1.54) is 44.5 Å². The maximum atomic E-state index is 13.8. The van der Waals surface area contributed by atoms with E-state index in [2.05, 4.69) is 20.6 Å². The first-order chi connectivity index (χ1) is 15.6. The summed E-state index contributed by atoms with van der Waals surface area (Å²) >= 11 is 1.82. The first kappa shape index (κ1) is 22.4. The molecule has 1 aliphatic rings. The average molecular weight is 454 g/mol. The summed E-state index contributed by atoms with van der Waals surface area (Å²) in [6.45, 7) is 3.45. The number of nitrogens with one attached hydrogen (secondary N) is 2. The first-order valence-corrected chi connectivity index (χ1v) is 11.9. The van der Waals surface area contributed by atoms with Crippen molar-refractivity contribution in [3.8, 4) is 11.3 Å². The van der Waals surface area contributed by atoms with E-state index < -0.39 is 11.8 Å². The number of urea groups is 1. The molecule has 0 atom stereocenters. The lowest BCUT2D eigenvalue weighted by Crippen LogP contribution is -2.31. The number of aryl methyl sites for hydroxylation is 1. The average Bonchev–Trinajstić information content (AvgIpc) is 3.22. The molecule has 8 heteroatoms. The Morgan fingerprint density at radius 2 is 1.91 bits per heavy atom. The molecule has 6 nitrogen and oxygen atoms in total. The molecule has 1 aromatic heterocycles. The molecule has 0 bridgehead atoms. The van der Waals surface area contributed by atoms with Gasteiger partial charge in [0.1, 0.15) is 5.82 Å². The van der Waals surface area contributed by atoms with Crippen LogP contribution < -0.4 is 10.6 Å². The van der Waals surface area contributed by atoms with Gasteiger partial charge in [0.2, 0.25) is 0 Å². The van der Waals surface area contributed by atoms with E-state index in [0.29, 0.717) is 5.69 Å². The minimum atomic E-state index is -0.489. The van der Waals surface area contributed by atoms with E-state index in [-0.39, 0.29) is 5.69 Å². The van der Waals surface area contributed by atoms with Gasteiger partial charge in [-0.25, -0.2) is 9.18 Å². The lowest BCUT2D eigenvalue weighted by Gasteiger charge is -2.26. The number of para-hydroxylation sites is 1. The van der Waals surface area contributed by atoms with Crippen molar-refractivity contribution in [2.75, 3.05) is 36.0 Å². The number of benzene rings is 2. The van der Waals surface area contributed by atoms with Crippen LogP contribution in [-0.2, 0) is 7.05 Å². The van der Waals surface area contributed by atoms with Gasteiger partial charge >= 0.3 is 6.03 Å². The number of hydrogen-bond acceptors (Lipinski definition) is 4. The fraction of sp³-hybridized carbons (Fsp3) is 0.333. The molecule has 0 radical (unpaired) electrons. The van der Waals surface area contributed by atoms with E-state index in [0.717, 1.165) is 28.5 Å². The molecular formula is C24H28FN5OS. The number of carbonyl (C=O) groups excluding carboxylic acids is 1. The summed E-state index contributed by atoms with van der Waals surface area (Å²) in [6.07, 6.45) is 5.69. The first-order valence-electron chi connectivity index (χ1n) is 10.9. The molecule has 32 heavy (non-hydrogen) atoms. The number of piperidine rings is 1. The highest BCUT2D eigenvalue weighted by molar-refractivity contribution is 7.99. The van der Waals surface area contributed by atoms with Crippen molar-refractivity contribution in [1.29, 1.82) is 0 Å². The highest BCUT2D eigenvalue weighted by Gasteiger charge is 2.14. The number of anilines is 2. The molecule has 2 amide bonds. The Labute approximate surface area is 192 Å². The lowest BCUT2D eigenvalue weighted by atomic mass is 10.1. The van der Waals surface area contributed by atoms with Gasteiger partial charge in [0.15, 0.2) is 0 Å². The molecule has 0 spiro atoms. The third kappa shape index (κ3) is 5.69. The third-order valence-electron chi connectivity index (χ3n) is 5.57. The monoisotopic (exact) mass is 453 g/mol. The summed E-state index contributed by atoms with van der Waals surface area (Å²) in [5.74, 6) is 0.532. The highest BCUT2D eigenvalue weighted by atomic mass is 32.2. The van der Waals surface area contributed by atoms with Crippen molar-refractivity contribution in [3.05, 3.63) is 60.5 Å². The molecule has 2 heterocycles. The van der Waals surface area contributed by atoms with Crippen LogP contribution >= 0.6 is 11.8 Å². The van der Waals surface area contributed by atoms with E-state index >= 15 is 0 Å². The normalized spacial score (nSPS) is 14.3. The predicted molar refractivity (Wildman–Crippen MR) is 129 cm³/mol. The van der Waals surface area contributed by atoms with Crippen LogP contribution in [0.1, 0.15) is 19.3 Å². The van der Waals surface area contributed by atoms with Crippen LogP contribution in [0.25, 0.3) is 11.3 Å². The number of carbonyl (C=O) groups is 1. The van der Waals surface area contributed by atoms with Crippen LogP contribution in [0.5, 0.6) is 0 Å². The van der Waals surface area contributed by atoms with Gasteiger partial charge in [-0.15, -0.1) is 11.8 Å². The Bertz CT molecular complexity index is 1060. The zero-order chi connectivity index (χ0) is 22.3. The molecule has 0 aliphatic carbocycles. The van der Waals surface area contributed by atoms with Crippen molar-refractivity contribution < 1.29 is 9.18 Å². The number of rotatable bonds is 7. The maximum Gasteiger partial charge on any atom is 0.323 e. The molecule has 0 saturated carbocycles. The number of halogens is 1. The Morgan fingerprint density at radius 3 is 2.66 bits per heavy atom. The molecule has 1 saturated heterocycles. The lowest BCUT2D eigenvalue weighted by molar-refractivity contribution is 0.242. The maximum absolute atomic E-state index is 13.8. The second-order valence-electron chi connectivity index (χ2n) is 7.86.